The minimum Gasteiger partial charge on any atom is -0.368 e. The number of para-hydroxylation sites is 1. The van der Waals surface area contributed by atoms with Gasteiger partial charge < -0.3 is 10.1 Å². The first-order chi connectivity index (χ1) is 9.25. The molecule has 2 heterocycles. The molecule has 1 fully saturated rings. The number of carbonyl (C=O) groups is 1. The van der Waals surface area contributed by atoms with Crippen LogP contribution in [0.3, 0.4) is 0 Å². The van der Waals surface area contributed by atoms with Crippen LogP contribution >= 0.6 is 0 Å². The molecule has 100 valence electrons. The van der Waals surface area contributed by atoms with Crippen LogP contribution < -0.4 is 5.32 Å². The van der Waals surface area contributed by atoms with E-state index in [9.17, 15) is 4.79 Å². The highest BCUT2D eigenvalue weighted by Crippen LogP contribution is 2.18. The largest absolute Gasteiger partial charge is 0.368 e. The minimum atomic E-state index is -0.338. The Hall–Kier alpha value is -1.72. The second kappa shape index (κ2) is 5.11. The van der Waals surface area contributed by atoms with Crippen LogP contribution in [-0.4, -0.2) is 41.4 Å². The van der Waals surface area contributed by atoms with Crippen molar-refractivity contribution in [2.45, 2.75) is 12.5 Å². The molecule has 5 nitrogen and oxygen atoms in total. The lowest BCUT2D eigenvalue weighted by atomic mass is 10.1. The number of aromatic nitrogens is 2. The van der Waals surface area contributed by atoms with Gasteiger partial charge in [0.2, 0.25) is 0 Å². The van der Waals surface area contributed by atoms with Crippen LogP contribution in [0.15, 0.2) is 24.3 Å². The van der Waals surface area contributed by atoms with E-state index >= 15 is 0 Å². The fourth-order valence-corrected chi connectivity index (χ4v) is 2.47. The zero-order chi connectivity index (χ0) is 13.2. The molecule has 5 heteroatoms. The summed E-state index contributed by atoms with van der Waals surface area (Å²) in [6, 6.07) is 7.96. The second-order valence-corrected chi connectivity index (χ2v) is 4.79. The molecule has 2 aromatic rings. The summed E-state index contributed by atoms with van der Waals surface area (Å²) in [7, 11) is 1.90. The Morgan fingerprint density at radius 2 is 2.37 bits per heavy atom. The minimum absolute atomic E-state index is 0.0936. The molecular formula is C14H17N3O2. The Kier molecular flexibility index (Phi) is 3.31. The van der Waals surface area contributed by atoms with E-state index in [1.807, 2.05) is 36.0 Å². The Morgan fingerprint density at radius 1 is 1.53 bits per heavy atom. The molecule has 0 saturated carbocycles. The van der Waals surface area contributed by atoms with Crippen LogP contribution in [0.2, 0.25) is 0 Å². The van der Waals surface area contributed by atoms with Gasteiger partial charge in [-0.25, -0.2) is 0 Å². The molecule has 1 aromatic heterocycles. The van der Waals surface area contributed by atoms with Crippen molar-refractivity contribution in [2.75, 3.05) is 19.7 Å². The van der Waals surface area contributed by atoms with Crippen LogP contribution in [0.5, 0.6) is 0 Å². The topological polar surface area (TPSA) is 56.2 Å². The lowest BCUT2D eigenvalue weighted by molar-refractivity contribution is -0.131. The molecule has 0 radical (unpaired) electrons. The lowest BCUT2D eigenvalue weighted by Crippen LogP contribution is -2.43. The van der Waals surface area contributed by atoms with E-state index in [-0.39, 0.29) is 11.9 Å². The number of Topliss-reactive ketones (excluding diaryl/α,β-unsaturated/α-hetero) is 1. The number of hydrogen-bond donors (Lipinski definition) is 1. The summed E-state index contributed by atoms with van der Waals surface area (Å²) in [5.41, 5.74) is 1.88. The highest BCUT2D eigenvalue weighted by Gasteiger charge is 2.23. The Labute approximate surface area is 111 Å². The normalized spacial score (nSPS) is 19.7. The second-order valence-electron chi connectivity index (χ2n) is 4.79. The standard InChI is InChI=1S/C14H17N3O2/c1-17-12-5-3-2-4-10(12)11(16-17)8-13(18)14-9-15-6-7-19-14/h2-5,14-15H,6-9H2,1H3. The molecule has 1 atom stereocenters. The zero-order valence-corrected chi connectivity index (χ0v) is 10.9. The molecule has 1 saturated heterocycles. The maximum atomic E-state index is 12.2. The summed E-state index contributed by atoms with van der Waals surface area (Å²) < 4.78 is 7.30. The monoisotopic (exact) mass is 259 g/mol. The van der Waals surface area contributed by atoms with Crippen molar-refractivity contribution in [3.8, 4) is 0 Å². The van der Waals surface area contributed by atoms with Gasteiger partial charge >= 0.3 is 0 Å². The van der Waals surface area contributed by atoms with Crippen molar-refractivity contribution in [1.29, 1.82) is 0 Å². The number of nitrogens with one attached hydrogen (secondary N) is 1. The van der Waals surface area contributed by atoms with Gasteiger partial charge in [0.25, 0.3) is 0 Å². The predicted molar refractivity (Wildman–Crippen MR) is 72.0 cm³/mol. The molecule has 0 bridgehead atoms. The van der Waals surface area contributed by atoms with Crippen molar-refractivity contribution in [3.63, 3.8) is 0 Å². The van der Waals surface area contributed by atoms with Crippen LogP contribution in [-0.2, 0) is 23.0 Å². The number of carbonyl (C=O) groups excluding carboxylic acids is 1. The third-order valence-corrected chi connectivity index (χ3v) is 3.46. The molecule has 19 heavy (non-hydrogen) atoms. The average molecular weight is 259 g/mol. The van der Waals surface area contributed by atoms with Gasteiger partial charge in [-0.05, 0) is 6.07 Å². The summed E-state index contributed by atoms with van der Waals surface area (Å²) in [5.74, 6) is 0.0936. The van der Waals surface area contributed by atoms with Gasteiger partial charge in [-0.3, -0.25) is 9.48 Å². The lowest BCUT2D eigenvalue weighted by Gasteiger charge is -2.22. The number of ether oxygens (including phenoxy) is 1. The van der Waals surface area contributed by atoms with Crippen molar-refractivity contribution >= 4 is 16.7 Å². The van der Waals surface area contributed by atoms with Gasteiger partial charge in [-0.15, -0.1) is 0 Å². The van der Waals surface area contributed by atoms with E-state index in [1.54, 1.807) is 0 Å². The Morgan fingerprint density at radius 3 is 3.16 bits per heavy atom. The number of hydrogen-bond acceptors (Lipinski definition) is 4. The van der Waals surface area contributed by atoms with Crippen molar-refractivity contribution in [1.82, 2.24) is 15.1 Å². The van der Waals surface area contributed by atoms with Crippen LogP contribution in [0.4, 0.5) is 0 Å². The van der Waals surface area contributed by atoms with Crippen LogP contribution in [0.25, 0.3) is 10.9 Å². The fourth-order valence-electron chi connectivity index (χ4n) is 2.47. The number of nitrogens with zero attached hydrogens (tertiary/aromatic N) is 2. The third kappa shape index (κ3) is 2.39. The quantitative estimate of drug-likeness (QED) is 0.880. The summed E-state index contributed by atoms with van der Waals surface area (Å²) >= 11 is 0. The van der Waals surface area contributed by atoms with E-state index in [0.717, 1.165) is 23.1 Å². The molecule has 1 aromatic carbocycles. The van der Waals surface area contributed by atoms with E-state index in [0.29, 0.717) is 19.6 Å². The van der Waals surface area contributed by atoms with Gasteiger partial charge in [0, 0.05) is 25.5 Å². The maximum absolute atomic E-state index is 12.2. The molecule has 1 aliphatic rings. The highest BCUT2D eigenvalue weighted by atomic mass is 16.5. The molecule has 0 spiro atoms. The van der Waals surface area contributed by atoms with E-state index in [2.05, 4.69) is 10.4 Å². The third-order valence-electron chi connectivity index (χ3n) is 3.46. The van der Waals surface area contributed by atoms with Crippen LogP contribution in [0, 0.1) is 0 Å². The van der Waals surface area contributed by atoms with Crippen molar-refractivity contribution in [3.05, 3.63) is 30.0 Å². The first kappa shape index (κ1) is 12.3. The molecule has 3 rings (SSSR count). The van der Waals surface area contributed by atoms with E-state index in [1.165, 1.54) is 0 Å². The van der Waals surface area contributed by atoms with Gasteiger partial charge in [-0.1, -0.05) is 18.2 Å². The summed E-state index contributed by atoms with van der Waals surface area (Å²) in [6.07, 6.45) is -0.0113. The average Bonchev–Trinajstić information content (AvgIpc) is 2.77. The molecule has 1 unspecified atom stereocenters. The number of benzene rings is 1. The van der Waals surface area contributed by atoms with Gasteiger partial charge in [0.1, 0.15) is 6.10 Å². The summed E-state index contributed by atoms with van der Waals surface area (Å²) in [4.78, 5) is 12.2. The van der Waals surface area contributed by atoms with Gasteiger partial charge in [0.05, 0.1) is 24.2 Å². The first-order valence-corrected chi connectivity index (χ1v) is 6.51. The smallest absolute Gasteiger partial charge is 0.168 e. The van der Waals surface area contributed by atoms with E-state index in [4.69, 9.17) is 4.74 Å². The maximum Gasteiger partial charge on any atom is 0.168 e. The predicted octanol–water partition coefficient (Wildman–Crippen LogP) is 0.673. The Balaban J connectivity index is 1.83. The summed E-state index contributed by atoms with van der Waals surface area (Å²) in [6.45, 7) is 2.01. The number of rotatable bonds is 3. The highest BCUT2D eigenvalue weighted by molar-refractivity contribution is 5.90. The molecule has 1 aliphatic heterocycles. The van der Waals surface area contributed by atoms with Crippen molar-refractivity contribution < 1.29 is 9.53 Å². The van der Waals surface area contributed by atoms with Crippen LogP contribution in [0.1, 0.15) is 5.69 Å². The number of fused-ring (bicyclic) bond motifs is 1. The number of ketones is 1. The Bertz CT molecular complexity index is 600. The SMILES string of the molecule is Cn1nc(CC(=O)C2CNCCO2)c2ccccc21. The van der Waals surface area contributed by atoms with Gasteiger partial charge in [-0.2, -0.15) is 5.10 Å². The molecule has 1 N–H and O–H groups in total. The first-order valence-electron chi connectivity index (χ1n) is 6.51. The molecular weight excluding hydrogens is 242 g/mol. The molecule has 0 amide bonds. The summed E-state index contributed by atoms with van der Waals surface area (Å²) in [5, 5.41) is 8.66. The van der Waals surface area contributed by atoms with Crippen molar-refractivity contribution in [2.24, 2.45) is 7.05 Å². The number of morpholine rings is 1. The fraction of sp³-hybridized carbons (Fsp3) is 0.429. The number of aryl methyl sites for hydroxylation is 1. The van der Waals surface area contributed by atoms with E-state index < -0.39 is 0 Å². The molecule has 0 aliphatic carbocycles. The van der Waals surface area contributed by atoms with Gasteiger partial charge in [0.15, 0.2) is 5.78 Å². The zero-order valence-electron chi connectivity index (χ0n) is 10.9.